The van der Waals surface area contributed by atoms with E-state index in [1.54, 1.807) is 18.2 Å². The Morgan fingerprint density at radius 2 is 1.75 bits per heavy atom. The van der Waals surface area contributed by atoms with Crippen molar-refractivity contribution in [3.63, 3.8) is 0 Å². The first-order chi connectivity index (χ1) is 9.38. The Balaban J connectivity index is 2.29. The number of aliphatic hydroxyl groups excluding tert-OH is 1. The Morgan fingerprint density at radius 3 is 2.40 bits per heavy atom. The fraction of sp³-hybridized carbons (Fsp3) is 0.214. The largest absolute Gasteiger partial charge is 0.481 e. The second-order valence-electron chi connectivity index (χ2n) is 4.54. The summed E-state index contributed by atoms with van der Waals surface area (Å²) in [6.45, 7) is 0. The van der Waals surface area contributed by atoms with Gasteiger partial charge in [-0.15, -0.1) is 0 Å². The molecule has 1 atom stereocenters. The highest BCUT2D eigenvalue weighted by Gasteiger charge is 2.21. The lowest BCUT2D eigenvalue weighted by Crippen LogP contribution is -2.23. The number of carbonyl (C=O) groups is 1. The van der Waals surface area contributed by atoms with E-state index < -0.39 is 34.1 Å². The Bertz CT molecular complexity index is 736. The molecule has 5 nitrogen and oxygen atoms in total. The monoisotopic (exact) mass is 294 g/mol. The molecule has 0 aromatic heterocycles. The predicted octanol–water partition coefficient (Wildman–Crippen LogP) is 1.45. The Labute approximate surface area is 116 Å². The molecule has 1 unspecified atom stereocenters. The molecule has 2 aromatic carbocycles. The molecule has 2 rings (SSSR count). The molecule has 0 spiro atoms. The summed E-state index contributed by atoms with van der Waals surface area (Å²) in [5.41, 5.74) is 0. The minimum absolute atomic E-state index is 0.0839. The quantitative estimate of drug-likeness (QED) is 0.870. The van der Waals surface area contributed by atoms with Gasteiger partial charge in [0.15, 0.2) is 9.84 Å². The molecule has 0 saturated heterocycles. The molecule has 0 aliphatic heterocycles. The van der Waals surface area contributed by atoms with Crippen LogP contribution >= 0.6 is 0 Å². The van der Waals surface area contributed by atoms with Crippen molar-refractivity contribution in [2.24, 2.45) is 0 Å². The summed E-state index contributed by atoms with van der Waals surface area (Å²) in [6, 6.07) is 12.0. The van der Waals surface area contributed by atoms with E-state index >= 15 is 0 Å². The average Bonchev–Trinajstić information content (AvgIpc) is 2.36. The van der Waals surface area contributed by atoms with Crippen molar-refractivity contribution in [3.8, 4) is 0 Å². The minimum Gasteiger partial charge on any atom is -0.481 e. The van der Waals surface area contributed by atoms with Crippen LogP contribution in [0.2, 0.25) is 0 Å². The third-order valence-corrected chi connectivity index (χ3v) is 4.70. The van der Waals surface area contributed by atoms with Gasteiger partial charge in [-0.3, -0.25) is 4.79 Å². The van der Waals surface area contributed by atoms with Crippen LogP contribution < -0.4 is 0 Å². The van der Waals surface area contributed by atoms with Gasteiger partial charge in [0.25, 0.3) is 0 Å². The summed E-state index contributed by atoms with van der Waals surface area (Å²) >= 11 is 0. The summed E-state index contributed by atoms with van der Waals surface area (Å²) < 4.78 is 24.2. The van der Waals surface area contributed by atoms with E-state index in [0.717, 1.165) is 10.8 Å². The van der Waals surface area contributed by atoms with Crippen LogP contribution in [0.3, 0.4) is 0 Å². The highest BCUT2D eigenvalue weighted by molar-refractivity contribution is 7.91. The van der Waals surface area contributed by atoms with Crippen LogP contribution in [-0.4, -0.2) is 36.5 Å². The van der Waals surface area contributed by atoms with Gasteiger partial charge in [-0.25, -0.2) is 8.42 Å². The van der Waals surface area contributed by atoms with Crippen molar-refractivity contribution >= 4 is 26.6 Å². The first-order valence-corrected chi connectivity index (χ1v) is 7.65. The van der Waals surface area contributed by atoms with Crippen LogP contribution in [0, 0.1) is 0 Å². The lowest BCUT2D eigenvalue weighted by molar-refractivity contribution is -0.138. The van der Waals surface area contributed by atoms with E-state index in [0.29, 0.717) is 0 Å². The maximum absolute atomic E-state index is 12.1. The number of aliphatic carboxylic acids is 1. The number of carboxylic acids is 1. The number of carboxylic acid groups (broad SMARTS) is 1. The number of hydrogen-bond donors (Lipinski definition) is 2. The maximum atomic E-state index is 12.1. The Morgan fingerprint density at radius 1 is 1.10 bits per heavy atom. The molecular formula is C14H14O5S. The molecule has 106 valence electrons. The van der Waals surface area contributed by atoms with Gasteiger partial charge in [-0.2, -0.15) is 0 Å². The molecular weight excluding hydrogens is 280 g/mol. The second kappa shape index (κ2) is 5.60. The van der Waals surface area contributed by atoms with Crippen molar-refractivity contribution in [1.29, 1.82) is 0 Å². The molecule has 0 aliphatic carbocycles. The van der Waals surface area contributed by atoms with Crippen LogP contribution in [0.1, 0.15) is 6.42 Å². The molecule has 20 heavy (non-hydrogen) atoms. The summed E-state index contributed by atoms with van der Waals surface area (Å²) in [7, 11) is -3.71. The van der Waals surface area contributed by atoms with Gasteiger partial charge >= 0.3 is 5.97 Å². The average molecular weight is 294 g/mol. The van der Waals surface area contributed by atoms with Gasteiger partial charge in [-0.1, -0.05) is 30.3 Å². The van der Waals surface area contributed by atoms with E-state index in [1.807, 2.05) is 12.1 Å². The van der Waals surface area contributed by atoms with Gasteiger partial charge < -0.3 is 10.2 Å². The Kier molecular flexibility index (Phi) is 4.06. The van der Waals surface area contributed by atoms with Gasteiger partial charge in [0.2, 0.25) is 0 Å². The zero-order chi connectivity index (χ0) is 14.8. The molecule has 0 heterocycles. The topological polar surface area (TPSA) is 91.7 Å². The van der Waals surface area contributed by atoms with Crippen LogP contribution in [0.4, 0.5) is 0 Å². The lowest BCUT2D eigenvalue weighted by Gasteiger charge is -2.09. The zero-order valence-electron chi connectivity index (χ0n) is 10.6. The maximum Gasteiger partial charge on any atom is 0.306 e. The molecule has 2 N–H and O–H groups in total. The van der Waals surface area contributed by atoms with Crippen LogP contribution in [0.25, 0.3) is 10.8 Å². The minimum atomic E-state index is -3.71. The van der Waals surface area contributed by atoms with Crippen LogP contribution in [0.5, 0.6) is 0 Å². The number of aliphatic hydroxyl groups is 1. The Hall–Kier alpha value is -1.92. The van der Waals surface area contributed by atoms with E-state index in [2.05, 4.69) is 0 Å². The summed E-state index contributed by atoms with van der Waals surface area (Å²) in [5.74, 6) is -1.83. The third-order valence-electron chi connectivity index (χ3n) is 2.90. The first-order valence-electron chi connectivity index (χ1n) is 6.00. The smallest absolute Gasteiger partial charge is 0.306 e. The van der Waals surface area contributed by atoms with E-state index in [4.69, 9.17) is 5.11 Å². The fourth-order valence-corrected chi connectivity index (χ4v) is 3.37. The summed E-state index contributed by atoms with van der Waals surface area (Å²) in [6.07, 6.45) is -2.00. The molecule has 0 saturated carbocycles. The fourth-order valence-electron chi connectivity index (χ4n) is 1.97. The normalized spacial score (nSPS) is 13.2. The van der Waals surface area contributed by atoms with Crippen molar-refractivity contribution in [2.75, 3.05) is 5.75 Å². The van der Waals surface area contributed by atoms with E-state index in [9.17, 15) is 18.3 Å². The molecule has 2 aromatic rings. The second-order valence-corrected chi connectivity index (χ2v) is 6.58. The first kappa shape index (κ1) is 14.5. The molecule has 0 amide bonds. The number of hydrogen-bond acceptors (Lipinski definition) is 4. The highest BCUT2D eigenvalue weighted by atomic mass is 32.2. The van der Waals surface area contributed by atoms with Gasteiger partial charge in [0, 0.05) is 0 Å². The highest BCUT2D eigenvalue weighted by Crippen LogP contribution is 2.20. The summed E-state index contributed by atoms with van der Waals surface area (Å²) in [5, 5.41) is 19.7. The van der Waals surface area contributed by atoms with Crippen molar-refractivity contribution in [3.05, 3.63) is 42.5 Å². The molecule has 0 bridgehead atoms. The third kappa shape index (κ3) is 3.34. The predicted molar refractivity (Wildman–Crippen MR) is 74.3 cm³/mol. The number of benzene rings is 2. The molecule has 0 radical (unpaired) electrons. The number of sulfone groups is 1. The van der Waals surface area contributed by atoms with Crippen LogP contribution in [-0.2, 0) is 14.6 Å². The number of fused-ring (bicyclic) bond motifs is 1. The summed E-state index contributed by atoms with van der Waals surface area (Å²) in [4.78, 5) is 10.5. The standard InChI is InChI=1S/C14H14O5S/c15-12(8-14(16)17)9-20(18,19)13-6-5-10-3-1-2-4-11(10)7-13/h1-7,12,15H,8-9H2,(H,16,17). The van der Waals surface area contributed by atoms with Gasteiger partial charge in [0.1, 0.15) is 0 Å². The van der Waals surface area contributed by atoms with Gasteiger partial charge in [0.05, 0.1) is 23.2 Å². The SMILES string of the molecule is O=C(O)CC(O)CS(=O)(=O)c1ccc2ccccc2c1. The lowest BCUT2D eigenvalue weighted by atomic mass is 10.1. The molecule has 0 aliphatic rings. The van der Waals surface area contributed by atoms with Crippen molar-refractivity contribution in [2.45, 2.75) is 17.4 Å². The molecule has 6 heteroatoms. The van der Waals surface area contributed by atoms with E-state index in [-0.39, 0.29) is 4.90 Å². The number of rotatable bonds is 5. The molecule has 0 fully saturated rings. The van der Waals surface area contributed by atoms with Gasteiger partial charge in [-0.05, 0) is 22.9 Å². The zero-order valence-corrected chi connectivity index (χ0v) is 11.4. The van der Waals surface area contributed by atoms with Crippen molar-refractivity contribution < 1.29 is 23.4 Å². The van der Waals surface area contributed by atoms with E-state index in [1.165, 1.54) is 12.1 Å². The van der Waals surface area contributed by atoms with Crippen molar-refractivity contribution in [1.82, 2.24) is 0 Å². The van der Waals surface area contributed by atoms with Crippen LogP contribution in [0.15, 0.2) is 47.4 Å².